The van der Waals surface area contributed by atoms with Gasteiger partial charge in [0.05, 0.1) is 5.69 Å². The van der Waals surface area contributed by atoms with E-state index in [0.29, 0.717) is 37.0 Å². The molecule has 1 N–H and O–H groups in total. The zero-order chi connectivity index (χ0) is 22.8. The van der Waals surface area contributed by atoms with Crippen LogP contribution in [-0.4, -0.2) is 50.8 Å². The summed E-state index contributed by atoms with van der Waals surface area (Å²) in [7, 11) is 0. The highest BCUT2D eigenvalue weighted by Gasteiger charge is 2.42. The molecule has 1 fully saturated rings. The van der Waals surface area contributed by atoms with Crippen LogP contribution in [-0.2, 0) is 11.0 Å². The fourth-order valence-corrected chi connectivity index (χ4v) is 3.46. The van der Waals surface area contributed by atoms with Gasteiger partial charge < -0.3 is 10.2 Å². The zero-order valence-electron chi connectivity index (χ0n) is 17.1. The summed E-state index contributed by atoms with van der Waals surface area (Å²) in [6.07, 6.45) is -3.61. The van der Waals surface area contributed by atoms with Crippen LogP contribution in [0.4, 0.5) is 17.6 Å². The summed E-state index contributed by atoms with van der Waals surface area (Å²) < 4.78 is 54.7. The Labute approximate surface area is 176 Å². The van der Waals surface area contributed by atoms with Gasteiger partial charge in [-0.1, -0.05) is 19.1 Å². The number of piperidine rings is 1. The Hall–Kier alpha value is -2.98. The van der Waals surface area contributed by atoms with E-state index < -0.39 is 29.3 Å². The second kappa shape index (κ2) is 9.03. The van der Waals surface area contributed by atoms with E-state index in [9.17, 15) is 27.2 Å². The number of carbonyl (C=O) groups is 2. The molecule has 2 heterocycles. The fraction of sp³-hybridized carbons (Fsp3) is 0.500. The van der Waals surface area contributed by atoms with Gasteiger partial charge in [-0.15, -0.1) is 5.10 Å². The van der Waals surface area contributed by atoms with E-state index in [2.05, 4.69) is 15.6 Å². The van der Waals surface area contributed by atoms with Crippen molar-refractivity contribution in [3.8, 4) is 5.69 Å². The molecular formula is C20H23F4N5O2. The van der Waals surface area contributed by atoms with E-state index in [1.54, 1.807) is 4.90 Å². The monoisotopic (exact) mass is 441 g/mol. The lowest BCUT2D eigenvalue weighted by Gasteiger charge is -2.32. The fourth-order valence-electron chi connectivity index (χ4n) is 3.46. The Morgan fingerprint density at radius 1 is 1.16 bits per heavy atom. The summed E-state index contributed by atoms with van der Waals surface area (Å²) in [4.78, 5) is 26.4. The first-order chi connectivity index (χ1) is 14.6. The van der Waals surface area contributed by atoms with Crippen LogP contribution in [0.2, 0.25) is 0 Å². The van der Waals surface area contributed by atoms with Gasteiger partial charge in [-0.05, 0) is 43.0 Å². The van der Waals surface area contributed by atoms with Crippen molar-refractivity contribution in [2.45, 2.75) is 45.3 Å². The number of rotatable bonds is 5. The average molecular weight is 441 g/mol. The molecule has 0 unspecified atom stereocenters. The van der Waals surface area contributed by atoms with Gasteiger partial charge >= 0.3 is 6.18 Å². The lowest BCUT2D eigenvalue weighted by molar-refractivity contribution is -0.143. The number of alkyl halides is 3. The molecule has 11 heteroatoms. The SMILES string of the molecule is CC(C)CC(=O)N1CCC(NC(=O)c2nnn(-c3ccc(F)cc3)c2C(F)(F)F)CC1. The van der Waals surface area contributed by atoms with Crippen LogP contribution in [0, 0.1) is 11.7 Å². The highest BCUT2D eigenvalue weighted by atomic mass is 19.4. The van der Waals surface area contributed by atoms with E-state index in [1.807, 2.05) is 13.8 Å². The third kappa shape index (κ3) is 5.39. The third-order valence-electron chi connectivity index (χ3n) is 4.99. The highest BCUT2D eigenvalue weighted by Crippen LogP contribution is 2.33. The first-order valence-corrected chi connectivity index (χ1v) is 9.93. The van der Waals surface area contributed by atoms with Crippen molar-refractivity contribution in [2.24, 2.45) is 5.92 Å². The standard InChI is InChI=1S/C20H23F4N5O2/c1-12(2)11-16(30)28-9-7-14(8-10-28)25-19(31)17-18(20(22,23)24)29(27-26-17)15-5-3-13(21)4-6-15/h3-6,12,14H,7-11H2,1-2H3,(H,25,31). The molecule has 0 saturated carbocycles. The van der Waals surface area contributed by atoms with Gasteiger partial charge in [0.2, 0.25) is 5.91 Å². The summed E-state index contributed by atoms with van der Waals surface area (Å²) in [6.45, 7) is 4.74. The highest BCUT2D eigenvalue weighted by molar-refractivity contribution is 5.93. The number of nitrogens with one attached hydrogen (secondary N) is 1. The molecule has 2 amide bonds. The van der Waals surface area contributed by atoms with E-state index >= 15 is 0 Å². The van der Waals surface area contributed by atoms with E-state index in [0.717, 1.165) is 24.3 Å². The topological polar surface area (TPSA) is 80.1 Å². The molecule has 0 spiro atoms. The minimum atomic E-state index is -4.91. The third-order valence-corrected chi connectivity index (χ3v) is 4.99. The van der Waals surface area contributed by atoms with E-state index in [1.165, 1.54) is 0 Å². The molecular weight excluding hydrogens is 418 g/mol. The summed E-state index contributed by atoms with van der Waals surface area (Å²) in [5.41, 5.74) is -2.26. The number of likely N-dealkylation sites (tertiary alicyclic amines) is 1. The molecule has 0 aliphatic carbocycles. The molecule has 3 rings (SSSR count). The van der Waals surface area contributed by atoms with Crippen molar-refractivity contribution in [1.29, 1.82) is 0 Å². The predicted molar refractivity (Wildman–Crippen MR) is 103 cm³/mol. The van der Waals surface area contributed by atoms with Gasteiger partial charge in [0.1, 0.15) is 5.82 Å². The summed E-state index contributed by atoms with van der Waals surface area (Å²) in [5, 5.41) is 9.48. The number of nitrogens with zero attached hydrogens (tertiary/aromatic N) is 4. The first kappa shape index (κ1) is 22.7. The maximum Gasteiger partial charge on any atom is 0.435 e. The second-order valence-corrected chi connectivity index (χ2v) is 7.90. The maximum absolute atomic E-state index is 13.7. The molecule has 0 bridgehead atoms. The number of benzene rings is 1. The summed E-state index contributed by atoms with van der Waals surface area (Å²) in [5.74, 6) is -1.35. The molecule has 1 aliphatic heterocycles. The molecule has 168 valence electrons. The quantitative estimate of drug-likeness (QED) is 0.723. The minimum absolute atomic E-state index is 0.0291. The molecule has 31 heavy (non-hydrogen) atoms. The average Bonchev–Trinajstić information content (AvgIpc) is 3.14. The Balaban J connectivity index is 1.73. The zero-order valence-corrected chi connectivity index (χ0v) is 17.1. The van der Waals surface area contributed by atoms with Gasteiger partial charge in [0, 0.05) is 25.6 Å². The van der Waals surface area contributed by atoms with Crippen molar-refractivity contribution in [1.82, 2.24) is 25.2 Å². The molecule has 1 aromatic heterocycles. The van der Waals surface area contributed by atoms with E-state index in [-0.39, 0.29) is 23.6 Å². The number of aromatic nitrogens is 3. The van der Waals surface area contributed by atoms with Gasteiger partial charge in [0.15, 0.2) is 11.4 Å². The second-order valence-electron chi connectivity index (χ2n) is 7.90. The van der Waals surface area contributed by atoms with E-state index in [4.69, 9.17) is 0 Å². The summed E-state index contributed by atoms with van der Waals surface area (Å²) >= 11 is 0. The molecule has 1 aliphatic rings. The summed E-state index contributed by atoms with van der Waals surface area (Å²) in [6, 6.07) is 3.83. The van der Waals surface area contributed by atoms with Crippen LogP contribution in [0.5, 0.6) is 0 Å². The van der Waals surface area contributed by atoms with Crippen LogP contribution in [0.1, 0.15) is 49.3 Å². The first-order valence-electron chi connectivity index (χ1n) is 9.93. The number of hydrogen-bond acceptors (Lipinski definition) is 4. The number of carbonyl (C=O) groups excluding carboxylic acids is 2. The van der Waals surface area contributed by atoms with Gasteiger partial charge in [-0.3, -0.25) is 9.59 Å². The lowest BCUT2D eigenvalue weighted by Crippen LogP contribution is -2.47. The van der Waals surface area contributed by atoms with Gasteiger partial charge in [-0.2, -0.15) is 13.2 Å². The van der Waals surface area contributed by atoms with Crippen LogP contribution in [0.3, 0.4) is 0 Å². The van der Waals surface area contributed by atoms with Crippen molar-refractivity contribution in [3.63, 3.8) is 0 Å². The molecule has 2 aromatic rings. The largest absolute Gasteiger partial charge is 0.435 e. The number of halogens is 4. The minimum Gasteiger partial charge on any atom is -0.348 e. The normalized spacial score (nSPS) is 15.4. The molecule has 1 aromatic carbocycles. The lowest BCUT2D eigenvalue weighted by atomic mass is 10.0. The molecule has 1 saturated heterocycles. The predicted octanol–water partition coefficient (Wildman–Crippen LogP) is 3.19. The van der Waals surface area contributed by atoms with Crippen LogP contribution in [0.25, 0.3) is 5.69 Å². The smallest absolute Gasteiger partial charge is 0.348 e. The number of amides is 2. The Kier molecular flexibility index (Phi) is 6.61. The van der Waals surface area contributed by atoms with Crippen LogP contribution < -0.4 is 5.32 Å². The van der Waals surface area contributed by atoms with Gasteiger partial charge in [-0.25, -0.2) is 9.07 Å². The molecule has 0 atom stereocenters. The number of hydrogen-bond donors (Lipinski definition) is 1. The molecule has 0 radical (unpaired) electrons. The van der Waals surface area contributed by atoms with Crippen molar-refractivity contribution < 1.29 is 27.2 Å². The maximum atomic E-state index is 13.7. The Morgan fingerprint density at radius 2 is 1.77 bits per heavy atom. The van der Waals surface area contributed by atoms with Crippen LogP contribution >= 0.6 is 0 Å². The van der Waals surface area contributed by atoms with Gasteiger partial charge in [0.25, 0.3) is 5.91 Å². The Morgan fingerprint density at radius 3 is 2.32 bits per heavy atom. The van der Waals surface area contributed by atoms with Crippen molar-refractivity contribution in [3.05, 3.63) is 41.5 Å². The van der Waals surface area contributed by atoms with Crippen molar-refractivity contribution in [2.75, 3.05) is 13.1 Å². The Bertz CT molecular complexity index is 932. The van der Waals surface area contributed by atoms with Crippen LogP contribution in [0.15, 0.2) is 24.3 Å². The van der Waals surface area contributed by atoms with Crippen molar-refractivity contribution >= 4 is 11.8 Å². The molecule has 7 nitrogen and oxygen atoms in total.